The highest BCUT2D eigenvalue weighted by atomic mass is 32.2. The SMILES string of the molecule is CCCNS(=O)(=O)c1ccc(OCCOC)cc1. The largest absolute Gasteiger partial charge is 0.491 e. The molecular formula is C12H19NO4S. The Morgan fingerprint density at radius 1 is 1.17 bits per heavy atom. The van der Waals surface area contributed by atoms with Crippen molar-refractivity contribution >= 4 is 10.0 Å². The van der Waals surface area contributed by atoms with Crippen LogP contribution in [0.2, 0.25) is 0 Å². The van der Waals surface area contributed by atoms with E-state index in [-0.39, 0.29) is 4.90 Å². The average Bonchev–Trinajstić information content (AvgIpc) is 2.37. The lowest BCUT2D eigenvalue weighted by Gasteiger charge is -2.08. The zero-order valence-electron chi connectivity index (χ0n) is 10.7. The molecule has 0 unspecified atom stereocenters. The summed E-state index contributed by atoms with van der Waals surface area (Å²) in [5, 5.41) is 0. The van der Waals surface area contributed by atoms with Gasteiger partial charge in [-0.3, -0.25) is 0 Å². The molecule has 0 aromatic heterocycles. The number of ether oxygens (including phenoxy) is 2. The molecule has 0 heterocycles. The number of rotatable bonds is 8. The third-order valence-corrected chi connectivity index (χ3v) is 3.71. The van der Waals surface area contributed by atoms with E-state index in [1.165, 1.54) is 12.1 Å². The van der Waals surface area contributed by atoms with E-state index in [2.05, 4.69) is 4.72 Å². The van der Waals surface area contributed by atoms with Gasteiger partial charge in [0.25, 0.3) is 0 Å². The van der Waals surface area contributed by atoms with Gasteiger partial charge in [-0.05, 0) is 30.7 Å². The molecule has 1 aromatic carbocycles. The molecule has 102 valence electrons. The first kappa shape index (κ1) is 14.9. The van der Waals surface area contributed by atoms with Crippen LogP contribution < -0.4 is 9.46 Å². The van der Waals surface area contributed by atoms with E-state index < -0.39 is 10.0 Å². The predicted molar refractivity (Wildman–Crippen MR) is 69.3 cm³/mol. The summed E-state index contributed by atoms with van der Waals surface area (Å²) in [6, 6.07) is 6.33. The second-order valence-electron chi connectivity index (χ2n) is 3.71. The third kappa shape index (κ3) is 4.64. The molecule has 6 heteroatoms. The molecule has 1 aromatic rings. The Hall–Kier alpha value is -1.11. The molecule has 5 nitrogen and oxygen atoms in total. The normalized spacial score (nSPS) is 11.4. The zero-order valence-corrected chi connectivity index (χ0v) is 11.5. The first-order chi connectivity index (χ1) is 8.60. The van der Waals surface area contributed by atoms with E-state index in [0.29, 0.717) is 25.5 Å². The lowest BCUT2D eigenvalue weighted by atomic mass is 10.3. The molecule has 0 fully saturated rings. The van der Waals surface area contributed by atoms with Gasteiger partial charge in [0.2, 0.25) is 10.0 Å². The molecule has 0 radical (unpaired) electrons. The topological polar surface area (TPSA) is 64.6 Å². The van der Waals surface area contributed by atoms with Crippen molar-refractivity contribution in [3.63, 3.8) is 0 Å². The monoisotopic (exact) mass is 273 g/mol. The zero-order chi connectivity index (χ0) is 13.4. The Balaban J connectivity index is 2.64. The molecule has 0 amide bonds. The maximum absolute atomic E-state index is 11.8. The van der Waals surface area contributed by atoms with Crippen LogP contribution in [-0.2, 0) is 14.8 Å². The van der Waals surface area contributed by atoms with Crippen LogP contribution in [0.25, 0.3) is 0 Å². The van der Waals surface area contributed by atoms with Gasteiger partial charge in [-0.2, -0.15) is 0 Å². The molecule has 0 saturated heterocycles. The summed E-state index contributed by atoms with van der Waals surface area (Å²) in [5.41, 5.74) is 0. The number of nitrogens with one attached hydrogen (secondary N) is 1. The molecule has 0 spiro atoms. The van der Waals surface area contributed by atoms with Gasteiger partial charge >= 0.3 is 0 Å². The van der Waals surface area contributed by atoms with Crippen molar-refractivity contribution in [2.75, 3.05) is 26.9 Å². The van der Waals surface area contributed by atoms with Crippen molar-refractivity contribution < 1.29 is 17.9 Å². The first-order valence-corrected chi connectivity index (χ1v) is 7.30. The van der Waals surface area contributed by atoms with Crippen molar-refractivity contribution in [2.45, 2.75) is 18.2 Å². The molecule has 0 saturated carbocycles. The number of hydrogen-bond acceptors (Lipinski definition) is 4. The molecule has 1 rings (SSSR count). The van der Waals surface area contributed by atoms with Crippen LogP contribution in [0.4, 0.5) is 0 Å². The minimum absolute atomic E-state index is 0.245. The second-order valence-corrected chi connectivity index (χ2v) is 5.48. The molecular weight excluding hydrogens is 254 g/mol. The molecule has 0 aliphatic carbocycles. The van der Waals surface area contributed by atoms with Crippen LogP contribution in [-0.4, -0.2) is 35.3 Å². The summed E-state index contributed by atoms with van der Waals surface area (Å²) in [7, 11) is -1.80. The van der Waals surface area contributed by atoms with Gasteiger partial charge in [0.15, 0.2) is 0 Å². The van der Waals surface area contributed by atoms with Gasteiger partial charge < -0.3 is 9.47 Å². The lowest BCUT2D eigenvalue weighted by molar-refractivity contribution is 0.146. The number of hydrogen-bond donors (Lipinski definition) is 1. The molecule has 0 aliphatic rings. The summed E-state index contributed by atoms with van der Waals surface area (Å²) in [6.07, 6.45) is 0.761. The quantitative estimate of drug-likeness (QED) is 0.727. The molecule has 18 heavy (non-hydrogen) atoms. The van der Waals surface area contributed by atoms with Gasteiger partial charge in [0, 0.05) is 13.7 Å². The van der Waals surface area contributed by atoms with Crippen LogP contribution in [0.1, 0.15) is 13.3 Å². The van der Waals surface area contributed by atoms with Crippen LogP contribution >= 0.6 is 0 Å². The standard InChI is InChI=1S/C12H19NO4S/c1-3-8-13-18(14,15)12-6-4-11(5-7-12)17-10-9-16-2/h4-7,13H,3,8-10H2,1-2H3. The number of sulfonamides is 1. The predicted octanol–water partition coefficient (Wildman–Crippen LogP) is 1.40. The highest BCUT2D eigenvalue weighted by Crippen LogP contribution is 2.15. The summed E-state index contributed by atoms with van der Waals surface area (Å²) < 4.78 is 36.3. The highest BCUT2D eigenvalue weighted by molar-refractivity contribution is 7.89. The smallest absolute Gasteiger partial charge is 0.240 e. The Morgan fingerprint density at radius 2 is 1.83 bits per heavy atom. The minimum Gasteiger partial charge on any atom is -0.491 e. The summed E-state index contributed by atoms with van der Waals surface area (Å²) in [6.45, 7) is 3.29. The molecule has 0 atom stereocenters. The third-order valence-electron chi connectivity index (χ3n) is 2.23. The Kier molecular flexibility index (Phi) is 6.11. The summed E-state index contributed by atoms with van der Waals surface area (Å²) in [5.74, 6) is 0.626. The van der Waals surface area contributed by atoms with E-state index in [4.69, 9.17) is 9.47 Å². The van der Waals surface area contributed by atoms with E-state index in [9.17, 15) is 8.42 Å². The van der Waals surface area contributed by atoms with Crippen LogP contribution in [0, 0.1) is 0 Å². The molecule has 1 N–H and O–H groups in total. The van der Waals surface area contributed by atoms with Crippen molar-refractivity contribution in [1.29, 1.82) is 0 Å². The fraction of sp³-hybridized carbons (Fsp3) is 0.500. The van der Waals surface area contributed by atoms with Crippen molar-refractivity contribution in [1.82, 2.24) is 4.72 Å². The van der Waals surface area contributed by atoms with Crippen LogP contribution in [0.5, 0.6) is 5.75 Å². The fourth-order valence-electron chi connectivity index (χ4n) is 1.28. The van der Waals surface area contributed by atoms with Gasteiger partial charge in [0.05, 0.1) is 11.5 Å². The van der Waals surface area contributed by atoms with Gasteiger partial charge in [0.1, 0.15) is 12.4 Å². The number of methoxy groups -OCH3 is 1. The van der Waals surface area contributed by atoms with Crippen molar-refractivity contribution in [3.8, 4) is 5.75 Å². The van der Waals surface area contributed by atoms with E-state index >= 15 is 0 Å². The number of benzene rings is 1. The molecule has 0 bridgehead atoms. The fourth-order valence-corrected chi connectivity index (χ4v) is 2.41. The van der Waals surface area contributed by atoms with Crippen LogP contribution in [0.15, 0.2) is 29.2 Å². The second kappa shape index (κ2) is 7.35. The lowest BCUT2D eigenvalue weighted by Crippen LogP contribution is -2.24. The minimum atomic E-state index is -3.39. The summed E-state index contributed by atoms with van der Waals surface area (Å²) >= 11 is 0. The first-order valence-electron chi connectivity index (χ1n) is 5.81. The van der Waals surface area contributed by atoms with E-state index in [1.54, 1.807) is 19.2 Å². The van der Waals surface area contributed by atoms with Gasteiger partial charge in [-0.1, -0.05) is 6.92 Å². The van der Waals surface area contributed by atoms with Crippen molar-refractivity contribution in [2.24, 2.45) is 0 Å². The maximum Gasteiger partial charge on any atom is 0.240 e. The van der Waals surface area contributed by atoms with Gasteiger partial charge in [-0.15, -0.1) is 0 Å². The van der Waals surface area contributed by atoms with Gasteiger partial charge in [-0.25, -0.2) is 13.1 Å². The van der Waals surface area contributed by atoms with E-state index in [0.717, 1.165) is 6.42 Å². The van der Waals surface area contributed by atoms with Crippen LogP contribution in [0.3, 0.4) is 0 Å². The maximum atomic E-state index is 11.8. The highest BCUT2D eigenvalue weighted by Gasteiger charge is 2.12. The Labute approximate surface area is 108 Å². The van der Waals surface area contributed by atoms with E-state index in [1.807, 2.05) is 6.92 Å². The Bertz CT molecular complexity index is 442. The molecule has 0 aliphatic heterocycles. The summed E-state index contributed by atoms with van der Waals surface area (Å²) in [4.78, 5) is 0.245. The average molecular weight is 273 g/mol. The van der Waals surface area contributed by atoms with Crippen molar-refractivity contribution in [3.05, 3.63) is 24.3 Å². The Morgan fingerprint density at radius 3 is 2.39 bits per heavy atom.